The molecular formula is C70H43N. The van der Waals surface area contributed by atoms with Crippen LogP contribution in [0, 0.1) is 0 Å². The normalized spacial score (nSPS) is 11.9. The van der Waals surface area contributed by atoms with E-state index in [2.05, 4.69) is 265 Å². The van der Waals surface area contributed by atoms with E-state index in [4.69, 9.17) is 0 Å². The van der Waals surface area contributed by atoms with Crippen molar-refractivity contribution in [2.45, 2.75) is 0 Å². The third-order valence-electron chi connectivity index (χ3n) is 15.3. The van der Waals surface area contributed by atoms with Crippen LogP contribution in [0.5, 0.6) is 0 Å². The van der Waals surface area contributed by atoms with Crippen molar-refractivity contribution in [2.75, 3.05) is 0 Å². The lowest BCUT2D eigenvalue weighted by atomic mass is 9.86. The van der Waals surface area contributed by atoms with Gasteiger partial charge in [0.15, 0.2) is 0 Å². The average molecular weight is 898 g/mol. The van der Waals surface area contributed by atoms with E-state index in [0.29, 0.717) is 0 Å². The van der Waals surface area contributed by atoms with Gasteiger partial charge in [-0.1, -0.05) is 212 Å². The van der Waals surface area contributed by atoms with Gasteiger partial charge in [-0.25, -0.2) is 0 Å². The highest BCUT2D eigenvalue weighted by Crippen LogP contribution is 2.45. The standard InChI is InChI=1S/C70H43N/c1-3-15-45(16-4-1)63-43-67-56-24-12-11-23-55(56)64-39-48(33-37-61(64)70(67)60-26-14-13-25-57(60)63)49-34-38-68-66(40-49)59-36-32-50(41-69(59)71(68)51-18-5-2-6-19-51)44-27-29-47(30-28-44)62-42-65-52-20-8-7-17-46(52)31-35-58(65)53-21-9-10-22-54(53)62/h1-43H. The second kappa shape index (κ2) is 15.6. The monoisotopic (exact) mass is 897 g/mol. The highest BCUT2D eigenvalue weighted by atomic mass is 15.0. The fourth-order valence-electron chi connectivity index (χ4n) is 12.0. The molecule has 1 nitrogen and oxygen atoms in total. The topological polar surface area (TPSA) is 4.93 Å². The molecule has 0 radical (unpaired) electrons. The summed E-state index contributed by atoms with van der Waals surface area (Å²) in [6.45, 7) is 0. The van der Waals surface area contributed by atoms with Crippen LogP contribution in [0.4, 0.5) is 0 Å². The minimum Gasteiger partial charge on any atom is -0.309 e. The Kier molecular flexibility index (Phi) is 8.73. The SMILES string of the molecule is c1ccc(-c2cc3c4ccccc4c4cc(-c5ccc6c(c5)c5ccc(-c7ccc(-c8cc9c%10ccccc%10ccc9c9ccccc89)cc7)cc5n6-c5ccccc5)ccc4c3c3ccccc23)cc1. The molecule has 1 heterocycles. The Morgan fingerprint density at radius 3 is 1.37 bits per heavy atom. The van der Waals surface area contributed by atoms with E-state index in [1.807, 2.05) is 0 Å². The lowest BCUT2D eigenvalue weighted by Crippen LogP contribution is -1.93. The minimum atomic E-state index is 1.15. The number of nitrogens with zero attached hydrogens (tertiary/aromatic N) is 1. The summed E-state index contributed by atoms with van der Waals surface area (Å²) >= 11 is 0. The summed E-state index contributed by atoms with van der Waals surface area (Å²) in [6, 6.07) is 96.9. The third kappa shape index (κ3) is 6.13. The van der Waals surface area contributed by atoms with Crippen LogP contribution in [0.1, 0.15) is 0 Å². The molecule has 328 valence electrons. The van der Waals surface area contributed by atoms with Crippen molar-refractivity contribution in [3.63, 3.8) is 0 Å². The number of fused-ring (bicyclic) bond motifs is 16. The van der Waals surface area contributed by atoms with Gasteiger partial charge < -0.3 is 4.57 Å². The second-order valence-corrected chi connectivity index (χ2v) is 19.1. The van der Waals surface area contributed by atoms with E-state index in [-0.39, 0.29) is 0 Å². The van der Waals surface area contributed by atoms with Gasteiger partial charge in [0, 0.05) is 16.5 Å². The number of hydrogen-bond donors (Lipinski definition) is 0. The van der Waals surface area contributed by atoms with Gasteiger partial charge in [-0.2, -0.15) is 0 Å². The Bertz CT molecular complexity index is 4660. The molecule has 15 aromatic rings. The maximum absolute atomic E-state index is 2.44. The summed E-state index contributed by atoms with van der Waals surface area (Å²) in [5.41, 5.74) is 13.3. The number of benzene rings is 14. The maximum atomic E-state index is 2.44. The van der Waals surface area contributed by atoms with Gasteiger partial charge in [0.25, 0.3) is 0 Å². The van der Waals surface area contributed by atoms with Crippen LogP contribution in [0.15, 0.2) is 261 Å². The molecule has 0 aliphatic heterocycles. The quantitative estimate of drug-likeness (QED) is 0.152. The van der Waals surface area contributed by atoms with Gasteiger partial charge in [0.2, 0.25) is 0 Å². The van der Waals surface area contributed by atoms with Crippen LogP contribution in [-0.4, -0.2) is 4.57 Å². The molecule has 0 fully saturated rings. The van der Waals surface area contributed by atoms with Gasteiger partial charge in [-0.3, -0.25) is 0 Å². The molecule has 0 N–H and O–H groups in total. The summed E-state index contributed by atoms with van der Waals surface area (Å²) in [7, 11) is 0. The molecule has 0 saturated carbocycles. The molecule has 0 spiro atoms. The molecule has 15 rings (SSSR count). The molecule has 14 aromatic carbocycles. The maximum Gasteiger partial charge on any atom is 0.0547 e. The molecule has 1 aromatic heterocycles. The largest absolute Gasteiger partial charge is 0.309 e. The van der Waals surface area contributed by atoms with E-state index in [9.17, 15) is 0 Å². The predicted molar refractivity (Wildman–Crippen MR) is 305 cm³/mol. The Morgan fingerprint density at radius 1 is 0.197 bits per heavy atom. The van der Waals surface area contributed by atoms with Crippen molar-refractivity contribution in [1.82, 2.24) is 4.57 Å². The summed E-state index contributed by atoms with van der Waals surface area (Å²) in [5.74, 6) is 0. The molecule has 1 heteroatoms. The van der Waals surface area contributed by atoms with Crippen LogP contribution >= 0.6 is 0 Å². The van der Waals surface area contributed by atoms with Crippen LogP contribution in [0.25, 0.3) is 147 Å². The smallest absolute Gasteiger partial charge is 0.0547 e. The second-order valence-electron chi connectivity index (χ2n) is 19.1. The molecule has 0 aliphatic rings. The van der Waals surface area contributed by atoms with Crippen LogP contribution in [0.2, 0.25) is 0 Å². The van der Waals surface area contributed by atoms with Gasteiger partial charge in [-0.15, -0.1) is 0 Å². The van der Waals surface area contributed by atoms with Gasteiger partial charge >= 0.3 is 0 Å². The highest BCUT2D eigenvalue weighted by Gasteiger charge is 2.19. The lowest BCUT2D eigenvalue weighted by Gasteiger charge is -2.17. The zero-order chi connectivity index (χ0) is 46.6. The van der Waals surface area contributed by atoms with Gasteiger partial charge in [-0.05, 0) is 168 Å². The van der Waals surface area contributed by atoms with Gasteiger partial charge in [0.1, 0.15) is 0 Å². The molecule has 0 bridgehead atoms. The Balaban J connectivity index is 0.870. The fraction of sp³-hybridized carbons (Fsp3) is 0. The molecule has 71 heavy (non-hydrogen) atoms. The Hall–Kier alpha value is -9.30. The van der Waals surface area contributed by atoms with Crippen molar-refractivity contribution < 1.29 is 0 Å². The van der Waals surface area contributed by atoms with E-state index in [1.165, 1.54) is 142 Å². The van der Waals surface area contributed by atoms with Crippen LogP contribution < -0.4 is 0 Å². The van der Waals surface area contributed by atoms with E-state index >= 15 is 0 Å². The van der Waals surface area contributed by atoms with Crippen molar-refractivity contribution >= 4 is 97.2 Å². The first-order valence-corrected chi connectivity index (χ1v) is 24.7. The zero-order valence-corrected chi connectivity index (χ0v) is 38.8. The Morgan fingerprint density at radius 2 is 0.634 bits per heavy atom. The number of aromatic nitrogens is 1. The van der Waals surface area contributed by atoms with E-state index < -0.39 is 0 Å². The van der Waals surface area contributed by atoms with E-state index in [0.717, 1.165) is 5.69 Å². The average Bonchev–Trinajstić information content (AvgIpc) is 3.78. The number of para-hydroxylation sites is 1. The van der Waals surface area contributed by atoms with Crippen molar-refractivity contribution in [2.24, 2.45) is 0 Å². The predicted octanol–water partition coefficient (Wildman–Crippen LogP) is 19.5. The first kappa shape index (κ1) is 39.7. The summed E-state index contributed by atoms with van der Waals surface area (Å²) in [6.07, 6.45) is 0. The van der Waals surface area contributed by atoms with Crippen LogP contribution in [-0.2, 0) is 0 Å². The minimum absolute atomic E-state index is 1.15. The first-order valence-electron chi connectivity index (χ1n) is 24.7. The zero-order valence-electron chi connectivity index (χ0n) is 38.8. The van der Waals surface area contributed by atoms with Crippen molar-refractivity contribution in [3.8, 4) is 50.2 Å². The molecular weight excluding hydrogens is 855 g/mol. The third-order valence-corrected chi connectivity index (χ3v) is 15.3. The summed E-state index contributed by atoms with van der Waals surface area (Å²) < 4.78 is 2.44. The summed E-state index contributed by atoms with van der Waals surface area (Å²) in [5, 5.41) is 20.4. The van der Waals surface area contributed by atoms with Crippen LogP contribution in [0.3, 0.4) is 0 Å². The van der Waals surface area contributed by atoms with Gasteiger partial charge in [0.05, 0.1) is 11.0 Å². The van der Waals surface area contributed by atoms with Crippen molar-refractivity contribution in [1.29, 1.82) is 0 Å². The Labute approximate surface area is 410 Å². The van der Waals surface area contributed by atoms with E-state index in [1.54, 1.807) is 0 Å². The number of hydrogen-bond acceptors (Lipinski definition) is 0. The first-order chi connectivity index (χ1) is 35.2. The molecule has 0 atom stereocenters. The lowest BCUT2D eigenvalue weighted by molar-refractivity contribution is 1.18. The molecule has 0 aliphatic carbocycles. The fourth-order valence-corrected chi connectivity index (χ4v) is 12.0. The molecule has 0 saturated heterocycles. The van der Waals surface area contributed by atoms with Crippen molar-refractivity contribution in [3.05, 3.63) is 261 Å². The highest BCUT2D eigenvalue weighted by molar-refractivity contribution is 6.33. The summed E-state index contributed by atoms with van der Waals surface area (Å²) in [4.78, 5) is 0. The molecule has 0 unspecified atom stereocenters. The number of rotatable bonds is 5. The molecule has 0 amide bonds.